The number of allylic oxidation sites excluding steroid dienone is 2. The largest absolute Gasteiger partial charge is 0.457 e. The van der Waals surface area contributed by atoms with Crippen molar-refractivity contribution >= 4 is 41.5 Å². The molecule has 2 atom stereocenters. The molecule has 2 unspecified atom stereocenters. The van der Waals surface area contributed by atoms with Gasteiger partial charge in [-0.15, -0.1) is 0 Å². The minimum absolute atomic E-state index is 0.0177. The van der Waals surface area contributed by atoms with Crippen molar-refractivity contribution in [3.8, 4) is 33.8 Å². The summed E-state index contributed by atoms with van der Waals surface area (Å²) in [6.07, 6.45) is 7.92. The van der Waals surface area contributed by atoms with Gasteiger partial charge in [0, 0.05) is 31.8 Å². The number of aryl methyl sites for hydroxylation is 3. The highest BCUT2D eigenvalue weighted by Gasteiger charge is 2.44. The maximum atomic E-state index is 8.75. The van der Waals surface area contributed by atoms with E-state index in [2.05, 4.69) is 11.0 Å². The van der Waals surface area contributed by atoms with Crippen molar-refractivity contribution in [1.82, 2.24) is 0 Å². The average Bonchev–Trinajstić information content (AvgIpc) is 3.71. The van der Waals surface area contributed by atoms with Crippen LogP contribution in [0.4, 0.5) is 17.1 Å². The topological polar surface area (TPSA) is 28.1 Å². The van der Waals surface area contributed by atoms with Crippen LogP contribution in [-0.4, -0.2) is 26.1 Å². The standard InChI is InChI=1S/C42H37N3OSi/c1-26-23-29(44-36-16-8-9-17-37(36)45-35-15-7-6-14-34(35)43-42(44)45)21-22-30(26)32-24-28(3)33(25-27(32)2)31-13-12-20-40-41(31)46-38-18-10-11-19-39(38)47(40,4)5/h6-25,34-35H,1-5H3/i1D3,2D3,3D3,4D3,5D3. The normalized spacial score (nSPS) is 25.4. The van der Waals surface area contributed by atoms with Crippen LogP contribution < -0.4 is 24.9 Å². The molecule has 5 aromatic rings. The zero-order chi connectivity index (χ0) is 44.5. The number of fused-ring (bicyclic) bond motifs is 7. The predicted octanol–water partition coefficient (Wildman–Crippen LogP) is 9.07. The van der Waals surface area contributed by atoms with E-state index in [1.54, 1.807) is 12.1 Å². The van der Waals surface area contributed by atoms with Gasteiger partial charge in [0.1, 0.15) is 19.6 Å². The van der Waals surface area contributed by atoms with Crippen molar-refractivity contribution in [2.45, 2.75) is 45.6 Å². The summed E-state index contributed by atoms with van der Waals surface area (Å²) in [6, 6.07) is 24.4. The predicted molar refractivity (Wildman–Crippen MR) is 199 cm³/mol. The van der Waals surface area contributed by atoms with Gasteiger partial charge in [-0.3, -0.25) is 4.90 Å². The zero-order valence-corrected chi connectivity index (χ0v) is 26.0. The van der Waals surface area contributed by atoms with Crippen molar-refractivity contribution in [1.29, 1.82) is 0 Å². The number of aliphatic imine (C=N–C) groups is 1. The van der Waals surface area contributed by atoms with Crippen LogP contribution in [0.25, 0.3) is 22.3 Å². The number of nitrogens with zero attached hydrogens (tertiary/aromatic N) is 3. The van der Waals surface area contributed by atoms with Crippen LogP contribution in [0.3, 0.4) is 0 Å². The van der Waals surface area contributed by atoms with Crippen LogP contribution in [0.15, 0.2) is 126 Å². The first-order valence-electron chi connectivity index (χ1n) is 22.8. The fourth-order valence-electron chi connectivity index (χ4n) is 7.15. The first-order chi connectivity index (χ1) is 28.9. The Balaban J connectivity index is 1.27. The number of hydrogen-bond donors (Lipinski definition) is 0. The fourth-order valence-corrected chi connectivity index (χ4v) is 9.16. The van der Waals surface area contributed by atoms with Gasteiger partial charge >= 0.3 is 0 Å². The number of guanidine groups is 1. The smallest absolute Gasteiger partial charge is 0.211 e. The summed E-state index contributed by atoms with van der Waals surface area (Å²) < 4.78 is 138. The summed E-state index contributed by atoms with van der Waals surface area (Å²) in [7, 11) is -4.81. The third kappa shape index (κ3) is 4.09. The quantitative estimate of drug-likeness (QED) is 0.184. The number of ether oxygens (including phenoxy) is 1. The molecular weight excluding hydrogens is 591 g/mol. The van der Waals surface area contributed by atoms with E-state index < -0.39 is 41.6 Å². The highest BCUT2D eigenvalue weighted by atomic mass is 28.3. The molecule has 5 heteroatoms. The van der Waals surface area contributed by atoms with E-state index in [9.17, 15) is 0 Å². The lowest BCUT2D eigenvalue weighted by Gasteiger charge is -2.34. The molecule has 1 aliphatic carbocycles. The Morgan fingerprint density at radius 2 is 1.40 bits per heavy atom. The molecule has 4 aliphatic rings. The Morgan fingerprint density at radius 3 is 2.23 bits per heavy atom. The van der Waals surface area contributed by atoms with Gasteiger partial charge in [-0.05, 0) is 94.6 Å². The van der Waals surface area contributed by atoms with Gasteiger partial charge in [-0.2, -0.15) is 0 Å². The van der Waals surface area contributed by atoms with E-state index in [0.717, 1.165) is 23.5 Å². The monoisotopic (exact) mass is 642 g/mol. The molecule has 9 rings (SSSR count). The summed E-state index contributed by atoms with van der Waals surface area (Å²) in [5.74, 6) is 0.364. The molecule has 0 amide bonds. The fraction of sp³-hybridized carbons (Fsp3) is 0.167. The molecule has 0 saturated carbocycles. The highest BCUT2D eigenvalue weighted by Crippen LogP contribution is 2.47. The molecule has 3 heterocycles. The first kappa shape index (κ1) is 16.6. The molecule has 0 spiro atoms. The molecule has 4 nitrogen and oxygen atoms in total. The van der Waals surface area contributed by atoms with Crippen LogP contribution in [0, 0.1) is 20.6 Å². The Kier molecular flexibility index (Phi) is 3.60. The molecule has 0 fully saturated rings. The molecule has 0 N–H and O–H groups in total. The molecule has 0 bridgehead atoms. The summed E-state index contributed by atoms with van der Waals surface area (Å²) in [6.45, 7) is -14.8. The first-order valence-corrected chi connectivity index (χ1v) is 17.3. The maximum absolute atomic E-state index is 8.75. The van der Waals surface area contributed by atoms with Crippen LogP contribution in [0.1, 0.15) is 37.3 Å². The van der Waals surface area contributed by atoms with E-state index in [1.807, 2.05) is 47.4 Å². The lowest BCUT2D eigenvalue weighted by Crippen LogP contribution is -2.56. The third-order valence-corrected chi connectivity index (χ3v) is 11.8. The minimum atomic E-state index is -4.81. The van der Waals surface area contributed by atoms with Gasteiger partial charge in [-0.25, -0.2) is 4.99 Å². The molecule has 0 saturated heterocycles. The number of rotatable bonds is 3. The van der Waals surface area contributed by atoms with Gasteiger partial charge in [0.25, 0.3) is 0 Å². The van der Waals surface area contributed by atoms with Crippen molar-refractivity contribution in [2.24, 2.45) is 4.99 Å². The Bertz CT molecular complexity index is 2750. The van der Waals surface area contributed by atoms with E-state index in [1.165, 1.54) is 48.5 Å². The summed E-state index contributed by atoms with van der Waals surface area (Å²) >= 11 is 0. The van der Waals surface area contributed by atoms with Crippen LogP contribution >= 0.6 is 0 Å². The van der Waals surface area contributed by atoms with Crippen LogP contribution in [0.2, 0.25) is 13.0 Å². The van der Waals surface area contributed by atoms with Crippen molar-refractivity contribution in [3.63, 3.8) is 0 Å². The number of benzene rings is 5. The van der Waals surface area contributed by atoms with E-state index in [-0.39, 0.29) is 72.9 Å². The third-order valence-electron chi connectivity index (χ3n) is 9.36. The molecule has 47 heavy (non-hydrogen) atoms. The van der Waals surface area contributed by atoms with Crippen LogP contribution in [-0.2, 0) is 0 Å². The van der Waals surface area contributed by atoms with Gasteiger partial charge < -0.3 is 9.64 Å². The second-order valence-corrected chi connectivity index (χ2v) is 14.7. The second kappa shape index (κ2) is 10.2. The summed E-state index contributed by atoms with van der Waals surface area (Å²) in [5, 5.41) is -0.0952. The highest BCUT2D eigenvalue weighted by molar-refractivity contribution is 7.01. The van der Waals surface area contributed by atoms with E-state index in [0.29, 0.717) is 11.6 Å². The average molecular weight is 643 g/mol. The van der Waals surface area contributed by atoms with Gasteiger partial charge in [-0.1, -0.05) is 104 Å². The van der Waals surface area contributed by atoms with Gasteiger partial charge in [0.15, 0.2) is 0 Å². The van der Waals surface area contributed by atoms with Crippen molar-refractivity contribution in [2.75, 3.05) is 9.80 Å². The molecular formula is C42H37N3OSi. The SMILES string of the molecule is [2H]C([2H])([2H])c1cc(N2C3=NC4C=CC=CC4N3c3ccccc32)ccc1-c1cc(C([2H])([2H])[2H])c(-c2cccc3c2Oc2ccccc2[Si]3(C([2H])([2H])[2H])C([2H])([2H])[2H])cc1C([2H])([2H])[2H]. The Labute approximate surface area is 299 Å². The summed E-state index contributed by atoms with van der Waals surface area (Å²) in [5.41, 5.74) is 0.659. The molecule has 230 valence electrons. The molecule has 0 aromatic heterocycles. The second-order valence-electron chi connectivity index (χ2n) is 12.1. The van der Waals surface area contributed by atoms with Gasteiger partial charge in [0.2, 0.25) is 5.96 Å². The number of hydrogen-bond acceptors (Lipinski definition) is 4. The molecule has 0 radical (unpaired) electrons. The van der Waals surface area contributed by atoms with Gasteiger partial charge in [0.05, 0.1) is 23.5 Å². The Morgan fingerprint density at radius 1 is 0.681 bits per heavy atom. The van der Waals surface area contributed by atoms with Crippen molar-refractivity contribution in [3.05, 3.63) is 138 Å². The minimum Gasteiger partial charge on any atom is -0.457 e. The zero-order valence-electron chi connectivity index (χ0n) is 40.0. The van der Waals surface area contributed by atoms with E-state index in [4.69, 9.17) is 30.3 Å². The van der Waals surface area contributed by atoms with E-state index >= 15 is 0 Å². The lowest BCUT2D eigenvalue weighted by molar-refractivity contribution is 0.488. The maximum Gasteiger partial charge on any atom is 0.211 e. The Hall–Kier alpha value is -5.13. The molecule has 5 aromatic carbocycles. The number of anilines is 3. The number of para-hydroxylation sites is 4. The van der Waals surface area contributed by atoms with Crippen LogP contribution in [0.5, 0.6) is 11.5 Å². The molecule has 3 aliphatic heterocycles. The summed E-state index contributed by atoms with van der Waals surface area (Å²) in [4.78, 5) is 8.95. The van der Waals surface area contributed by atoms with Crippen molar-refractivity contribution < 1.29 is 25.3 Å². The lowest BCUT2D eigenvalue weighted by atomic mass is 9.90.